The molecule has 2 atom stereocenters. The lowest BCUT2D eigenvalue weighted by molar-refractivity contribution is 0.0680. The summed E-state index contributed by atoms with van der Waals surface area (Å²) in [5, 5.41) is 6.58. The molecule has 1 saturated heterocycles. The smallest absolute Gasteiger partial charge is 0.274 e. The van der Waals surface area contributed by atoms with Crippen LogP contribution in [0.2, 0.25) is 0 Å². The topological polar surface area (TPSA) is 79.3 Å². The van der Waals surface area contributed by atoms with Gasteiger partial charge in [0.1, 0.15) is 0 Å². The summed E-state index contributed by atoms with van der Waals surface area (Å²) in [4.78, 5) is 14.2. The largest absolute Gasteiger partial charge is 0.379 e. The highest BCUT2D eigenvalue weighted by atomic mass is 79.9. The van der Waals surface area contributed by atoms with Crippen LogP contribution < -0.4 is 0 Å². The maximum Gasteiger partial charge on any atom is 0.274 e. The Labute approximate surface area is 257 Å². The highest BCUT2D eigenvalue weighted by Crippen LogP contribution is 2.45. The standard InChI is InChI=1S/C31H29Br2N3O4S/c32-25-10-4-21(5-11-25)20-24-2-1-3-28-29(24)34-36(30(28)22-6-12-26(33)13-7-22)31(37)23-8-14-27(15-9-23)41(38,39)35-16-18-40-19-17-35/h4-15,20,28,30H,1-3,16-19H2/b24-20-/t28-,30+/m1/s1. The van der Waals surface area contributed by atoms with Gasteiger partial charge in [-0.25, -0.2) is 13.4 Å². The van der Waals surface area contributed by atoms with E-state index in [1.807, 2.05) is 36.4 Å². The van der Waals surface area contributed by atoms with Crippen LogP contribution in [-0.2, 0) is 14.8 Å². The molecule has 3 aliphatic rings. The number of rotatable bonds is 5. The SMILES string of the molecule is O=C(c1ccc(S(=O)(=O)N2CCOCC2)cc1)N1N=C2/C(=C\c3ccc(Br)cc3)CCC[C@H]2[C@@H]1c1ccc(Br)cc1. The average Bonchev–Trinajstić information content (AvgIpc) is 3.39. The van der Waals surface area contributed by atoms with Gasteiger partial charge in [0.2, 0.25) is 10.0 Å². The van der Waals surface area contributed by atoms with Crippen LogP contribution in [0.5, 0.6) is 0 Å². The lowest BCUT2D eigenvalue weighted by Gasteiger charge is -2.30. The molecule has 0 radical (unpaired) electrons. The molecule has 0 bridgehead atoms. The molecule has 1 aliphatic carbocycles. The Kier molecular flexibility index (Phi) is 8.29. The van der Waals surface area contributed by atoms with E-state index in [2.05, 4.69) is 50.1 Å². The summed E-state index contributed by atoms with van der Waals surface area (Å²) in [6.45, 7) is 1.39. The van der Waals surface area contributed by atoms with Crippen molar-refractivity contribution >= 4 is 59.6 Å². The highest BCUT2D eigenvalue weighted by molar-refractivity contribution is 9.10. The molecule has 6 rings (SSSR count). The van der Waals surface area contributed by atoms with E-state index in [1.165, 1.54) is 16.4 Å². The summed E-state index contributed by atoms with van der Waals surface area (Å²) in [7, 11) is -3.65. The van der Waals surface area contributed by atoms with Gasteiger partial charge >= 0.3 is 0 Å². The molecule has 10 heteroatoms. The predicted octanol–water partition coefficient (Wildman–Crippen LogP) is 6.67. The zero-order chi connectivity index (χ0) is 28.6. The fourth-order valence-corrected chi connectivity index (χ4v) is 7.70. The predicted molar refractivity (Wildman–Crippen MR) is 166 cm³/mol. The van der Waals surface area contributed by atoms with Crippen LogP contribution in [0.25, 0.3) is 6.08 Å². The first-order chi connectivity index (χ1) is 19.8. The van der Waals surface area contributed by atoms with Crippen molar-refractivity contribution in [2.75, 3.05) is 26.3 Å². The van der Waals surface area contributed by atoms with Crippen LogP contribution in [0.1, 0.15) is 46.8 Å². The number of benzene rings is 3. The number of fused-ring (bicyclic) bond motifs is 1. The van der Waals surface area contributed by atoms with Gasteiger partial charge in [-0.3, -0.25) is 4.79 Å². The number of carbonyl (C=O) groups excluding carboxylic acids is 1. The van der Waals surface area contributed by atoms with Crippen molar-refractivity contribution in [2.45, 2.75) is 30.2 Å². The first kappa shape index (κ1) is 28.5. The minimum absolute atomic E-state index is 0.0662. The van der Waals surface area contributed by atoms with Crippen molar-refractivity contribution in [1.29, 1.82) is 0 Å². The summed E-state index contributed by atoms with van der Waals surface area (Å²) in [6, 6.07) is 22.2. The third kappa shape index (κ3) is 5.85. The molecule has 41 heavy (non-hydrogen) atoms. The lowest BCUT2D eigenvalue weighted by Crippen LogP contribution is -2.40. The van der Waals surface area contributed by atoms with E-state index in [4.69, 9.17) is 9.84 Å². The quantitative estimate of drug-likeness (QED) is 0.298. The van der Waals surface area contributed by atoms with Crippen LogP contribution in [0, 0.1) is 5.92 Å². The second kappa shape index (κ2) is 11.9. The summed E-state index contributed by atoms with van der Waals surface area (Å²) in [5.74, 6) is -0.185. The third-order valence-electron chi connectivity index (χ3n) is 7.84. The maximum atomic E-state index is 14.0. The van der Waals surface area contributed by atoms with Crippen LogP contribution in [-0.4, -0.2) is 55.7 Å². The summed E-state index contributed by atoms with van der Waals surface area (Å²) >= 11 is 7.03. The van der Waals surface area contributed by atoms with Crippen molar-refractivity contribution in [2.24, 2.45) is 11.0 Å². The molecular formula is C31H29Br2N3O4S. The normalized spacial score (nSPS) is 22.4. The summed E-state index contributed by atoms with van der Waals surface area (Å²) < 4.78 is 34.9. The molecule has 2 aliphatic heterocycles. The Balaban J connectivity index is 1.34. The summed E-state index contributed by atoms with van der Waals surface area (Å²) in [6.07, 6.45) is 5.01. The fourth-order valence-electron chi connectivity index (χ4n) is 5.76. The molecule has 0 unspecified atom stereocenters. The number of nitrogens with zero attached hydrogens (tertiary/aromatic N) is 3. The number of carbonyl (C=O) groups is 1. The van der Waals surface area contributed by atoms with Gasteiger partial charge in [0.05, 0.1) is 29.9 Å². The molecule has 7 nitrogen and oxygen atoms in total. The number of hydrogen-bond acceptors (Lipinski definition) is 5. The van der Waals surface area contributed by atoms with Gasteiger partial charge in [0.15, 0.2) is 0 Å². The molecule has 0 spiro atoms. The van der Waals surface area contributed by atoms with Crippen molar-refractivity contribution < 1.29 is 17.9 Å². The number of sulfonamides is 1. The first-order valence-electron chi connectivity index (χ1n) is 13.6. The van der Waals surface area contributed by atoms with Gasteiger partial charge in [-0.2, -0.15) is 9.41 Å². The average molecular weight is 699 g/mol. The molecule has 3 aromatic carbocycles. The zero-order valence-electron chi connectivity index (χ0n) is 22.2. The minimum atomic E-state index is -3.65. The fraction of sp³-hybridized carbons (Fsp3) is 0.290. The molecule has 3 aromatic rings. The van der Waals surface area contributed by atoms with E-state index in [1.54, 1.807) is 17.1 Å². The Morgan fingerprint density at radius 3 is 2.20 bits per heavy atom. The molecule has 1 saturated carbocycles. The second-order valence-corrected chi connectivity index (χ2v) is 14.2. The Morgan fingerprint density at radius 1 is 0.902 bits per heavy atom. The number of morpholine rings is 1. The minimum Gasteiger partial charge on any atom is -0.379 e. The number of halogens is 2. The van der Waals surface area contributed by atoms with Gasteiger partial charge in [0, 0.05) is 33.5 Å². The molecule has 2 fully saturated rings. The monoisotopic (exact) mass is 697 g/mol. The van der Waals surface area contributed by atoms with Gasteiger partial charge in [-0.15, -0.1) is 0 Å². The lowest BCUT2D eigenvalue weighted by atomic mass is 9.77. The molecule has 0 aromatic heterocycles. The van der Waals surface area contributed by atoms with Crippen molar-refractivity contribution in [3.05, 3.63) is 104 Å². The molecular weight excluding hydrogens is 670 g/mol. The number of hydrogen-bond donors (Lipinski definition) is 0. The third-order valence-corrected chi connectivity index (χ3v) is 10.8. The van der Waals surface area contributed by atoms with E-state index < -0.39 is 10.0 Å². The van der Waals surface area contributed by atoms with E-state index in [9.17, 15) is 13.2 Å². The van der Waals surface area contributed by atoms with Crippen LogP contribution in [0.4, 0.5) is 0 Å². The second-order valence-electron chi connectivity index (χ2n) is 10.4. The van der Waals surface area contributed by atoms with Gasteiger partial charge in [-0.1, -0.05) is 56.1 Å². The van der Waals surface area contributed by atoms with Crippen molar-refractivity contribution in [1.82, 2.24) is 9.31 Å². The van der Waals surface area contributed by atoms with Gasteiger partial charge < -0.3 is 4.74 Å². The molecule has 0 N–H and O–H groups in total. The van der Waals surface area contributed by atoms with Gasteiger partial charge in [0.25, 0.3) is 5.91 Å². The number of hydrazone groups is 1. The number of ether oxygens (including phenoxy) is 1. The number of amides is 1. The van der Waals surface area contributed by atoms with E-state index in [0.29, 0.717) is 31.9 Å². The molecule has 2 heterocycles. The Bertz CT molecular complexity index is 1600. The van der Waals surface area contributed by atoms with Crippen molar-refractivity contribution in [3.63, 3.8) is 0 Å². The van der Waals surface area contributed by atoms with E-state index >= 15 is 0 Å². The first-order valence-corrected chi connectivity index (χ1v) is 16.7. The zero-order valence-corrected chi connectivity index (χ0v) is 26.2. The molecule has 212 valence electrons. The van der Waals surface area contributed by atoms with Crippen LogP contribution in [0.15, 0.2) is 97.3 Å². The van der Waals surface area contributed by atoms with Crippen LogP contribution >= 0.6 is 31.9 Å². The Morgan fingerprint density at radius 2 is 1.54 bits per heavy atom. The van der Waals surface area contributed by atoms with Crippen molar-refractivity contribution in [3.8, 4) is 0 Å². The molecule has 1 amide bonds. The van der Waals surface area contributed by atoms with Crippen LogP contribution in [0.3, 0.4) is 0 Å². The van der Waals surface area contributed by atoms with E-state index in [0.717, 1.165) is 50.6 Å². The summed E-state index contributed by atoms with van der Waals surface area (Å²) in [5.41, 5.74) is 4.60. The highest BCUT2D eigenvalue weighted by Gasteiger charge is 2.44. The Hall–Kier alpha value is -2.63. The van der Waals surface area contributed by atoms with Gasteiger partial charge in [-0.05, 0) is 90.6 Å². The maximum absolute atomic E-state index is 14.0. The van der Waals surface area contributed by atoms with E-state index in [-0.39, 0.29) is 22.8 Å². The number of allylic oxidation sites excluding steroid dienone is 1.